The lowest BCUT2D eigenvalue weighted by molar-refractivity contribution is 0.274. The van der Waals surface area contributed by atoms with Crippen LogP contribution in [0.25, 0.3) is 0 Å². The average Bonchev–Trinajstić information content (AvgIpc) is 2.36. The molecule has 1 saturated heterocycles. The van der Waals surface area contributed by atoms with Crippen molar-refractivity contribution in [2.24, 2.45) is 5.92 Å². The predicted molar refractivity (Wildman–Crippen MR) is 84.5 cm³/mol. The van der Waals surface area contributed by atoms with E-state index in [9.17, 15) is 4.39 Å². The summed E-state index contributed by atoms with van der Waals surface area (Å²) in [6.45, 7) is 8.37. The van der Waals surface area contributed by atoms with Crippen LogP contribution in [0.1, 0.15) is 27.2 Å². The first-order chi connectivity index (χ1) is 9.45. The van der Waals surface area contributed by atoms with Crippen LogP contribution in [-0.4, -0.2) is 25.2 Å². The van der Waals surface area contributed by atoms with Crippen molar-refractivity contribution in [2.75, 3.05) is 18.0 Å². The monoisotopic (exact) mass is 318 g/mol. The Morgan fingerprint density at radius 1 is 1.30 bits per heavy atom. The van der Waals surface area contributed by atoms with Crippen molar-refractivity contribution in [3.8, 4) is 0 Å². The van der Waals surface area contributed by atoms with Crippen LogP contribution in [0, 0.1) is 11.7 Å². The summed E-state index contributed by atoms with van der Waals surface area (Å²) >= 11 is 12.4. The minimum atomic E-state index is -0.396. The van der Waals surface area contributed by atoms with Gasteiger partial charge < -0.3 is 10.2 Å². The molecule has 1 heterocycles. The summed E-state index contributed by atoms with van der Waals surface area (Å²) in [6.07, 6.45) is 1.03. The molecule has 112 valence electrons. The van der Waals surface area contributed by atoms with Crippen molar-refractivity contribution in [1.29, 1.82) is 0 Å². The van der Waals surface area contributed by atoms with Gasteiger partial charge >= 0.3 is 0 Å². The van der Waals surface area contributed by atoms with Crippen LogP contribution in [0.2, 0.25) is 10.0 Å². The number of benzene rings is 1. The van der Waals surface area contributed by atoms with Gasteiger partial charge in [-0.25, -0.2) is 4.39 Å². The van der Waals surface area contributed by atoms with Crippen LogP contribution in [0.15, 0.2) is 12.1 Å². The lowest BCUT2D eigenvalue weighted by Gasteiger charge is -2.44. The Labute approximate surface area is 130 Å². The number of rotatable bonds is 3. The number of piperidine rings is 1. The minimum Gasteiger partial charge on any atom is -0.366 e. The van der Waals surface area contributed by atoms with E-state index in [-0.39, 0.29) is 0 Å². The fourth-order valence-electron chi connectivity index (χ4n) is 3.04. The fourth-order valence-corrected chi connectivity index (χ4v) is 3.72. The molecule has 0 amide bonds. The van der Waals surface area contributed by atoms with Gasteiger partial charge in [-0.2, -0.15) is 0 Å². The third-order valence-corrected chi connectivity index (χ3v) is 4.88. The molecule has 2 rings (SSSR count). The molecule has 1 aromatic carbocycles. The number of hydrogen-bond donors (Lipinski definition) is 1. The molecule has 1 aliphatic heterocycles. The standard InChI is InChI=1S/C15H21Cl2FN2/c1-4-19-14-5-6-20(10(3)9(14)2)15-12(16)7-11(18)8-13(15)17/h7-10,14,19H,4-6H2,1-3H3. The Hall–Kier alpha value is -0.510. The number of nitrogens with one attached hydrogen (secondary N) is 1. The van der Waals surface area contributed by atoms with E-state index in [0.717, 1.165) is 25.2 Å². The van der Waals surface area contributed by atoms with Crippen molar-refractivity contribution < 1.29 is 4.39 Å². The molecular weight excluding hydrogens is 298 g/mol. The molecule has 1 aromatic rings. The van der Waals surface area contributed by atoms with E-state index in [0.29, 0.717) is 28.0 Å². The maximum Gasteiger partial charge on any atom is 0.126 e. The highest BCUT2D eigenvalue weighted by Crippen LogP contribution is 2.39. The second-order valence-electron chi connectivity index (χ2n) is 5.46. The van der Waals surface area contributed by atoms with E-state index in [1.54, 1.807) is 0 Å². The summed E-state index contributed by atoms with van der Waals surface area (Å²) in [5.41, 5.74) is 0.754. The van der Waals surface area contributed by atoms with Crippen LogP contribution < -0.4 is 10.2 Å². The quantitative estimate of drug-likeness (QED) is 0.891. The first kappa shape index (κ1) is 15.9. The maximum absolute atomic E-state index is 13.3. The zero-order valence-corrected chi connectivity index (χ0v) is 13.6. The lowest BCUT2D eigenvalue weighted by atomic mass is 9.86. The molecule has 3 unspecified atom stereocenters. The predicted octanol–water partition coefficient (Wildman–Crippen LogP) is 4.35. The Kier molecular flexibility index (Phi) is 5.16. The van der Waals surface area contributed by atoms with Crippen molar-refractivity contribution in [1.82, 2.24) is 5.32 Å². The summed E-state index contributed by atoms with van der Waals surface area (Å²) in [6, 6.07) is 3.46. The van der Waals surface area contributed by atoms with Gasteiger partial charge in [0.25, 0.3) is 0 Å². The highest BCUT2D eigenvalue weighted by molar-refractivity contribution is 6.39. The zero-order valence-electron chi connectivity index (χ0n) is 12.1. The molecular formula is C15H21Cl2FN2. The molecule has 1 fully saturated rings. The van der Waals surface area contributed by atoms with Crippen LogP contribution in [0.3, 0.4) is 0 Å². The molecule has 0 bridgehead atoms. The third kappa shape index (κ3) is 3.05. The smallest absolute Gasteiger partial charge is 0.126 e. The summed E-state index contributed by atoms with van der Waals surface area (Å²) in [7, 11) is 0. The maximum atomic E-state index is 13.3. The van der Waals surface area contributed by atoms with Gasteiger partial charge in [-0.3, -0.25) is 0 Å². The zero-order chi connectivity index (χ0) is 14.9. The van der Waals surface area contributed by atoms with Crippen LogP contribution in [0.5, 0.6) is 0 Å². The van der Waals surface area contributed by atoms with Gasteiger partial charge in [0.15, 0.2) is 0 Å². The molecule has 3 atom stereocenters. The fraction of sp³-hybridized carbons (Fsp3) is 0.600. The summed E-state index contributed by atoms with van der Waals surface area (Å²) in [4.78, 5) is 2.20. The third-order valence-electron chi connectivity index (χ3n) is 4.30. The molecule has 1 N–H and O–H groups in total. The SMILES string of the molecule is CCNC1CCN(c2c(Cl)cc(F)cc2Cl)C(C)C1C. The van der Waals surface area contributed by atoms with E-state index in [2.05, 4.69) is 31.0 Å². The number of anilines is 1. The lowest BCUT2D eigenvalue weighted by Crippen LogP contribution is -2.53. The second-order valence-corrected chi connectivity index (χ2v) is 6.28. The van der Waals surface area contributed by atoms with Crippen molar-refractivity contribution in [3.63, 3.8) is 0 Å². The number of nitrogens with zero attached hydrogens (tertiary/aromatic N) is 1. The normalized spacial score (nSPS) is 26.9. The first-order valence-electron chi connectivity index (χ1n) is 7.10. The Morgan fingerprint density at radius 2 is 1.90 bits per heavy atom. The van der Waals surface area contributed by atoms with Gasteiger partial charge in [0.05, 0.1) is 15.7 Å². The summed E-state index contributed by atoms with van der Waals surface area (Å²) < 4.78 is 13.3. The van der Waals surface area contributed by atoms with E-state index in [1.807, 2.05) is 0 Å². The van der Waals surface area contributed by atoms with E-state index >= 15 is 0 Å². The van der Waals surface area contributed by atoms with Gasteiger partial charge in [0.2, 0.25) is 0 Å². The highest BCUT2D eigenvalue weighted by atomic mass is 35.5. The summed E-state index contributed by atoms with van der Waals surface area (Å²) in [5.74, 6) is 0.0767. The average molecular weight is 319 g/mol. The van der Waals surface area contributed by atoms with Gasteiger partial charge in [-0.05, 0) is 37.9 Å². The molecule has 0 radical (unpaired) electrons. The van der Waals surface area contributed by atoms with Crippen molar-refractivity contribution >= 4 is 28.9 Å². The molecule has 0 spiro atoms. The second kappa shape index (κ2) is 6.50. The van der Waals surface area contributed by atoms with Crippen LogP contribution in [-0.2, 0) is 0 Å². The van der Waals surface area contributed by atoms with E-state index in [1.165, 1.54) is 12.1 Å². The molecule has 1 aliphatic rings. The minimum absolute atomic E-state index is 0.299. The molecule has 2 nitrogen and oxygen atoms in total. The van der Waals surface area contributed by atoms with Crippen molar-refractivity contribution in [2.45, 2.75) is 39.3 Å². The number of hydrogen-bond acceptors (Lipinski definition) is 2. The summed E-state index contributed by atoms with van der Waals surface area (Å²) in [5, 5.41) is 4.29. The van der Waals surface area contributed by atoms with Crippen LogP contribution in [0.4, 0.5) is 10.1 Å². The molecule has 20 heavy (non-hydrogen) atoms. The van der Waals surface area contributed by atoms with Gasteiger partial charge in [-0.15, -0.1) is 0 Å². The largest absolute Gasteiger partial charge is 0.366 e. The highest BCUT2D eigenvalue weighted by Gasteiger charge is 2.33. The number of halogens is 3. The Morgan fingerprint density at radius 3 is 2.45 bits per heavy atom. The molecule has 0 aromatic heterocycles. The van der Waals surface area contributed by atoms with Crippen LogP contribution >= 0.6 is 23.2 Å². The van der Waals surface area contributed by atoms with Gasteiger partial charge in [0, 0.05) is 18.6 Å². The Bertz CT molecular complexity index is 458. The molecule has 0 saturated carbocycles. The Balaban J connectivity index is 2.27. The van der Waals surface area contributed by atoms with Gasteiger partial charge in [-0.1, -0.05) is 37.0 Å². The van der Waals surface area contributed by atoms with E-state index in [4.69, 9.17) is 23.2 Å². The van der Waals surface area contributed by atoms with E-state index < -0.39 is 5.82 Å². The first-order valence-corrected chi connectivity index (χ1v) is 7.85. The molecule has 0 aliphatic carbocycles. The molecule has 5 heteroatoms. The van der Waals surface area contributed by atoms with Crippen molar-refractivity contribution in [3.05, 3.63) is 28.0 Å². The topological polar surface area (TPSA) is 15.3 Å². The van der Waals surface area contributed by atoms with Gasteiger partial charge in [0.1, 0.15) is 5.82 Å².